The molecule has 1 aliphatic carbocycles. The van der Waals surface area contributed by atoms with Crippen LogP contribution >= 0.6 is 11.6 Å². The second-order valence-corrected chi connectivity index (χ2v) is 7.11. The number of ether oxygens (including phenoxy) is 2. The molecule has 0 atom stereocenters. The van der Waals surface area contributed by atoms with Gasteiger partial charge in [0.05, 0.1) is 17.4 Å². The first-order valence-corrected chi connectivity index (χ1v) is 9.85. The van der Waals surface area contributed by atoms with Crippen molar-refractivity contribution >= 4 is 39.7 Å². The maximum absolute atomic E-state index is 13.6. The van der Waals surface area contributed by atoms with Crippen molar-refractivity contribution in [2.45, 2.75) is 25.0 Å². The topological polar surface area (TPSA) is 155 Å². The van der Waals surface area contributed by atoms with E-state index in [2.05, 4.69) is 15.3 Å². The molecule has 0 spiro atoms. The van der Waals surface area contributed by atoms with E-state index >= 15 is 0 Å². The summed E-state index contributed by atoms with van der Waals surface area (Å²) in [5.74, 6) is 0.330. The zero-order chi connectivity index (χ0) is 21.6. The lowest BCUT2D eigenvalue weighted by Crippen LogP contribution is -2.38. The molecule has 10 nitrogen and oxygen atoms in total. The van der Waals surface area contributed by atoms with Gasteiger partial charge in [-0.15, -0.1) is 0 Å². The van der Waals surface area contributed by atoms with Crippen LogP contribution in [0.3, 0.4) is 0 Å². The molecule has 1 aliphatic rings. The Morgan fingerprint density at radius 1 is 1.31 bits per heavy atom. The number of hydrogen-bond donors (Lipinski definition) is 4. The minimum Gasteiger partial charge on any atom is -0.488 e. The summed E-state index contributed by atoms with van der Waals surface area (Å²) in [5, 5.41) is 10.6. The summed E-state index contributed by atoms with van der Waals surface area (Å²) in [5.41, 5.74) is 0.882. The van der Waals surface area contributed by atoms with Crippen molar-refractivity contribution in [3.8, 4) is 5.75 Å². The molecule has 0 amide bonds. The van der Waals surface area contributed by atoms with E-state index in [0.717, 1.165) is 19.1 Å². The van der Waals surface area contributed by atoms with Crippen LogP contribution in [0.25, 0.3) is 0 Å². The van der Waals surface area contributed by atoms with Crippen LogP contribution in [-0.2, 0) is 15.1 Å². The molecule has 158 valence electrons. The Bertz CT molecular complexity index is 964. The molecule has 4 N–H and O–H groups in total. The number of nitrogens with zero attached hydrogens (tertiary/aromatic N) is 2. The van der Waals surface area contributed by atoms with E-state index in [1.54, 1.807) is 13.2 Å². The van der Waals surface area contributed by atoms with Crippen LogP contribution < -0.4 is 10.1 Å². The van der Waals surface area contributed by atoms with Gasteiger partial charge in [-0.2, -0.15) is 8.42 Å². The summed E-state index contributed by atoms with van der Waals surface area (Å²) in [4.78, 5) is 7.92. The van der Waals surface area contributed by atoms with Crippen LogP contribution in [0.2, 0.25) is 5.15 Å². The van der Waals surface area contributed by atoms with Gasteiger partial charge < -0.3 is 20.2 Å². The molecule has 1 saturated carbocycles. The van der Waals surface area contributed by atoms with Crippen molar-refractivity contribution in [1.82, 2.24) is 9.97 Å². The molecule has 1 heterocycles. The van der Waals surface area contributed by atoms with Crippen molar-refractivity contribution < 1.29 is 31.4 Å². The van der Waals surface area contributed by atoms with Gasteiger partial charge in [0.25, 0.3) is 0 Å². The van der Waals surface area contributed by atoms with Crippen LogP contribution in [0.15, 0.2) is 24.5 Å². The number of rotatable bonds is 6. The standard InChI is InChI=1S/C16H16ClFN4O2.H2O4S/c1-23-10-5-11(6-10)24-14-4-9(18)2-3-13(14)22-16-12(7-19)15(17)20-8-21-16;1-5(2,3)4/h2-4,7-8,10-11,19H,5-6H2,1H3,(H,20,21,22);(H2,1,2,3,4). The summed E-state index contributed by atoms with van der Waals surface area (Å²) in [7, 11) is -3.01. The van der Waals surface area contributed by atoms with E-state index < -0.39 is 16.2 Å². The highest BCUT2D eigenvalue weighted by Crippen LogP contribution is 2.34. The van der Waals surface area contributed by atoms with E-state index in [1.807, 2.05) is 0 Å². The van der Waals surface area contributed by atoms with Gasteiger partial charge in [-0.25, -0.2) is 14.4 Å². The first-order chi connectivity index (χ1) is 13.6. The van der Waals surface area contributed by atoms with Gasteiger partial charge in [-0.3, -0.25) is 9.11 Å². The highest BCUT2D eigenvalue weighted by molar-refractivity contribution is 7.79. The molecule has 0 aliphatic heterocycles. The number of hydrogen-bond acceptors (Lipinski definition) is 8. The van der Waals surface area contributed by atoms with Gasteiger partial charge >= 0.3 is 10.4 Å². The monoisotopic (exact) mass is 448 g/mol. The predicted octanol–water partition coefficient (Wildman–Crippen LogP) is 2.91. The second-order valence-electron chi connectivity index (χ2n) is 5.85. The summed E-state index contributed by atoms with van der Waals surface area (Å²) < 4.78 is 56.3. The first-order valence-electron chi connectivity index (χ1n) is 8.07. The van der Waals surface area contributed by atoms with Crippen molar-refractivity contribution in [3.05, 3.63) is 41.1 Å². The summed E-state index contributed by atoms with van der Waals surface area (Å²) in [6.07, 6.45) is 4.04. The Kier molecular flexibility index (Phi) is 7.81. The third-order valence-electron chi connectivity index (χ3n) is 3.85. The molecule has 0 bridgehead atoms. The smallest absolute Gasteiger partial charge is 0.394 e. The van der Waals surface area contributed by atoms with Crippen molar-refractivity contribution in [2.24, 2.45) is 0 Å². The average Bonchev–Trinajstić information content (AvgIpc) is 2.58. The normalized spacial score (nSPS) is 18.1. The average molecular weight is 449 g/mol. The summed E-state index contributed by atoms with van der Waals surface area (Å²) >= 11 is 5.96. The Morgan fingerprint density at radius 3 is 2.55 bits per heavy atom. The van der Waals surface area contributed by atoms with Gasteiger partial charge in [0.1, 0.15) is 35.0 Å². The van der Waals surface area contributed by atoms with Gasteiger partial charge in [0.2, 0.25) is 0 Å². The van der Waals surface area contributed by atoms with Crippen molar-refractivity contribution in [1.29, 1.82) is 5.41 Å². The van der Waals surface area contributed by atoms with Gasteiger partial charge in [0, 0.05) is 32.2 Å². The summed E-state index contributed by atoms with van der Waals surface area (Å²) in [6, 6.07) is 4.19. The first kappa shape index (κ1) is 22.9. The molecule has 1 aromatic heterocycles. The van der Waals surface area contributed by atoms with E-state index in [4.69, 9.17) is 44.0 Å². The Morgan fingerprint density at radius 2 is 1.97 bits per heavy atom. The van der Waals surface area contributed by atoms with E-state index in [9.17, 15) is 4.39 Å². The highest BCUT2D eigenvalue weighted by Gasteiger charge is 2.31. The molecule has 0 radical (unpaired) electrons. The maximum Gasteiger partial charge on any atom is 0.394 e. The molecule has 1 fully saturated rings. The molecular weight excluding hydrogens is 431 g/mol. The fourth-order valence-corrected chi connectivity index (χ4v) is 2.60. The van der Waals surface area contributed by atoms with Crippen LogP contribution in [0, 0.1) is 11.2 Å². The SMILES string of the molecule is COC1CC(Oc2cc(F)ccc2Nc2ncnc(Cl)c2C=N)C1.O=S(=O)(O)O. The molecule has 1 aromatic carbocycles. The number of halogens is 2. The number of nitrogens with one attached hydrogen (secondary N) is 2. The van der Waals surface area contributed by atoms with Crippen LogP contribution in [-0.4, -0.2) is 53.0 Å². The zero-order valence-electron chi connectivity index (χ0n) is 15.0. The minimum absolute atomic E-state index is 0.0199. The van der Waals surface area contributed by atoms with Crippen LogP contribution in [0.1, 0.15) is 18.4 Å². The molecule has 0 saturated heterocycles. The molecular formula is C16H18ClFN4O6S. The minimum atomic E-state index is -4.67. The Labute approximate surface area is 171 Å². The largest absolute Gasteiger partial charge is 0.488 e. The highest BCUT2D eigenvalue weighted by atomic mass is 35.5. The zero-order valence-corrected chi connectivity index (χ0v) is 16.6. The third kappa shape index (κ3) is 7.18. The van der Waals surface area contributed by atoms with E-state index in [1.165, 1.54) is 18.5 Å². The fourth-order valence-electron chi connectivity index (χ4n) is 2.41. The van der Waals surface area contributed by atoms with E-state index in [-0.39, 0.29) is 17.4 Å². The molecule has 29 heavy (non-hydrogen) atoms. The van der Waals surface area contributed by atoms with E-state index in [0.29, 0.717) is 22.8 Å². The van der Waals surface area contributed by atoms with Gasteiger partial charge in [-0.1, -0.05) is 11.6 Å². The van der Waals surface area contributed by atoms with Gasteiger partial charge in [0.15, 0.2) is 0 Å². The molecule has 13 heteroatoms. The lowest BCUT2D eigenvalue weighted by atomic mass is 9.92. The summed E-state index contributed by atoms with van der Waals surface area (Å²) in [6.45, 7) is 0. The van der Waals surface area contributed by atoms with Crippen LogP contribution in [0.5, 0.6) is 5.75 Å². The number of methoxy groups -OCH3 is 1. The lowest BCUT2D eigenvalue weighted by Gasteiger charge is -2.34. The molecule has 2 aromatic rings. The lowest BCUT2D eigenvalue weighted by molar-refractivity contribution is -0.0379. The van der Waals surface area contributed by atoms with Crippen molar-refractivity contribution in [3.63, 3.8) is 0 Å². The van der Waals surface area contributed by atoms with Gasteiger partial charge in [-0.05, 0) is 12.1 Å². The molecule has 3 rings (SSSR count). The number of benzene rings is 1. The number of aromatic nitrogens is 2. The second kappa shape index (κ2) is 9.89. The Hall–Kier alpha value is -2.38. The maximum atomic E-state index is 13.6. The number of anilines is 2. The quantitative estimate of drug-likeness (QED) is 0.296. The Balaban J connectivity index is 0.000000537. The predicted molar refractivity (Wildman–Crippen MR) is 103 cm³/mol. The fraction of sp³-hybridized carbons (Fsp3) is 0.312. The molecule has 0 unspecified atom stereocenters. The van der Waals surface area contributed by atoms with Crippen molar-refractivity contribution in [2.75, 3.05) is 12.4 Å². The van der Waals surface area contributed by atoms with Crippen LogP contribution in [0.4, 0.5) is 15.9 Å². The third-order valence-corrected chi connectivity index (χ3v) is 4.16.